The highest BCUT2D eigenvalue weighted by Gasteiger charge is 2.54. The Hall–Kier alpha value is -1.64. The molecule has 2 atom stereocenters. The first-order chi connectivity index (χ1) is 12.8. The molecule has 0 bridgehead atoms. The van der Waals surface area contributed by atoms with Crippen LogP contribution in [0.1, 0.15) is 36.8 Å². The number of nitrogens with zero attached hydrogens (tertiary/aromatic N) is 2. The van der Waals surface area contributed by atoms with E-state index in [1.807, 2.05) is 0 Å². The summed E-state index contributed by atoms with van der Waals surface area (Å²) in [7, 11) is 0. The maximum atomic E-state index is 2.88. The minimum absolute atomic E-state index is 0.367. The Morgan fingerprint density at radius 3 is 1.46 bits per heavy atom. The van der Waals surface area contributed by atoms with Gasteiger partial charge in [-0.25, -0.2) is 0 Å². The molecular weight excluding hydrogens is 316 g/mol. The minimum Gasteiger partial charge on any atom is -0.294 e. The average Bonchev–Trinajstić information content (AvgIpc) is 3.23. The lowest BCUT2D eigenvalue weighted by atomic mass is 9.79. The molecule has 5 rings (SSSR count). The molecule has 26 heavy (non-hydrogen) atoms. The van der Waals surface area contributed by atoms with Crippen molar-refractivity contribution in [2.45, 2.75) is 49.6 Å². The van der Waals surface area contributed by atoms with Crippen molar-refractivity contribution in [3.8, 4) is 0 Å². The van der Waals surface area contributed by atoms with E-state index in [1.165, 1.54) is 75.8 Å². The van der Waals surface area contributed by atoms with Crippen LogP contribution in [0.25, 0.3) is 0 Å². The van der Waals surface area contributed by atoms with Crippen molar-refractivity contribution in [1.29, 1.82) is 0 Å². The van der Waals surface area contributed by atoms with Crippen molar-refractivity contribution in [1.82, 2.24) is 9.80 Å². The van der Waals surface area contributed by atoms with Gasteiger partial charge in [0.25, 0.3) is 0 Å². The summed E-state index contributed by atoms with van der Waals surface area (Å²) in [5.74, 6) is 0. The van der Waals surface area contributed by atoms with Crippen LogP contribution in [-0.4, -0.2) is 47.1 Å². The van der Waals surface area contributed by atoms with Crippen molar-refractivity contribution in [3.63, 3.8) is 0 Å². The van der Waals surface area contributed by atoms with Gasteiger partial charge < -0.3 is 0 Å². The number of hydrogen-bond acceptors (Lipinski definition) is 2. The summed E-state index contributed by atoms with van der Waals surface area (Å²) in [4.78, 5) is 5.76. The highest BCUT2D eigenvalue weighted by molar-refractivity contribution is 5.24. The van der Waals surface area contributed by atoms with Gasteiger partial charge in [-0.05, 0) is 62.7 Å². The van der Waals surface area contributed by atoms with E-state index in [-0.39, 0.29) is 0 Å². The Kier molecular flexibility index (Phi) is 4.14. The smallest absolute Gasteiger partial charge is 0.0378 e. The van der Waals surface area contributed by atoms with E-state index in [4.69, 9.17) is 0 Å². The molecule has 3 heterocycles. The van der Waals surface area contributed by atoms with Gasteiger partial charge in [0.05, 0.1) is 0 Å². The molecule has 0 radical (unpaired) electrons. The van der Waals surface area contributed by atoms with Gasteiger partial charge in [-0.3, -0.25) is 9.80 Å². The number of piperazine rings is 1. The van der Waals surface area contributed by atoms with Crippen LogP contribution in [0.4, 0.5) is 0 Å². The molecule has 2 nitrogen and oxygen atoms in total. The predicted octanol–water partition coefficient (Wildman–Crippen LogP) is 4.15. The molecule has 0 N–H and O–H groups in total. The fourth-order valence-corrected chi connectivity index (χ4v) is 6.01. The first-order valence-electron chi connectivity index (χ1n) is 10.4. The van der Waals surface area contributed by atoms with Crippen LogP contribution in [0.2, 0.25) is 0 Å². The quantitative estimate of drug-likeness (QED) is 0.820. The van der Waals surface area contributed by atoms with Crippen LogP contribution in [0.5, 0.6) is 0 Å². The van der Waals surface area contributed by atoms with E-state index in [0.29, 0.717) is 11.1 Å². The summed E-state index contributed by atoms with van der Waals surface area (Å²) in [6.07, 6.45) is 7.88. The number of fused-ring (bicyclic) bond motifs is 2. The van der Waals surface area contributed by atoms with Crippen molar-refractivity contribution >= 4 is 0 Å². The van der Waals surface area contributed by atoms with Gasteiger partial charge in [0, 0.05) is 24.2 Å². The summed E-state index contributed by atoms with van der Waals surface area (Å²) >= 11 is 0. The van der Waals surface area contributed by atoms with Crippen molar-refractivity contribution < 1.29 is 0 Å². The molecule has 2 heteroatoms. The van der Waals surface area contributed by atoms with Gasteiger partial charge in [0.2, 0.25) is 0 Å². The standard InChI is InChI=1S/C24H30N2/c1-3-9-21(10-4-1)17-23-13-7-15-25(23)20-24(14-8-16-26(24)19-23)18-22-11-5-2-6-12-22/h1-6,9-12H,7-8,13-20H2/t23-,24-/m1/s1. The van der Waals surface area contributed by atoms with Crippen LogP contribution in [0.15, 0.2) is 60.7 Å². The Bertz CT molecular complexity index is 678. The molecule has 0 aromatic heterocycles. The Morgan fingerprint density at radius 2 is 1.04 bits per heavy atom. The number of rotatable bonds is 4. The Morgan fingerprint density at radius 1 is 0.615 bits per heavy atom. The first kappa shape index (κ1) is 16.5. The maximum absolute atomic E-state index is 2.88. The van der Waals surface area contributed by atoms with Gasteiger partial charge in [0.15, 0.2) is 0 Å². The van der Waals surface area contributed by atoms with E-state index < -0.39 is 0 Å². The van der Waals surface area contributed by atoms with Gasteiger partial charge in [-0.1, -0.05) is 60.7 Å². The Balaban J connectivity index is 1.43. The van der Waals surface area contributed by atoms with Crippen molar-refractivity contribution in [3.05, 3.63) is 71.8 Å². The molecule has 0 saturated carbocycles. The van der Waals surface area contributed by atoms with Crippen LogP contribution >= 0.6 is 0 Å². The third kappa shape index (κ3) is 2.80. The molecule has 0 unspecified atom stereocenters. The summed E-state index contributed by atoms with van der Waals surface area (Å²) in [5, 5.41) is 0. The molecule has 2 aromatic carbocycles. The lowest BCUT2D eigenvalue weighted by molar-refractivity contribution is -0.0441. The predicted molar refractivity (Wildman–Crippen MR) is 107 cm³/mol. The summed E-state index contributed by atoms with van der Waals surface area (Å²) in [6, 6.07) is 22.4. The largest absolute Gasteiger partial charge is 0.294 e. The fourth-order valence-electron chi connectivity index (χ4n) is 6.01. The molecule has 3 fully saturated rings. The van der Waals surface area contributed by atoms with E-state index in [1.54, 1.807) is 0 Å². The summed E-state index contributed by atoms with van der Waals surface area (Å²) in [5.41, 5.74) is 3.75. The molecule has 3 saturated heterocycles. The molecular formula is C24H30N2. The summed E-state index contributed by atoms with van der Waals surface area (Å²) < 4.78 is 0. The van der Waals surface area contributed by atoms with Crippen molar-refractivity contribution in [2.75, 3.05) is 26.2 Å². The van der Waals surface area contributed by atoms with Crippen LogP contribution in [-0.2, 0) is 12.8 Å². The van der Waals surface area contributed by atoms with Crippen LogP contribution in [0, 0.1) is 0 Å². The summed E-state index contributed by atoms with van der Waals surface area (Å²) in [6.45, 7) is 5.10. The van der Waals surface area contributed by atoms with Gasteiger partial charge in [-0.2, -0.15) is 0 Å². The molecule has 2 aromatic rings. The van der Waals surface area contributed by atoms with E-state index in [9.17, 15) is 0 Å². The molecule has 0 spiro atoms. The molecule has 0 aliphatic carbocycles. The zero-order chi connectivity index (χ0) is 17.5. The normalized spacial score (nSPS) is 31.7. The van der Waals surface area contributed by atoms with Gasteiger partial charge in [-0.15, -0.1) is 0 Å². The molecule has 3 aliphatic rings. The van der Waals surface area contributed by atoms with E-state index >= 15 is 0 Å². The van der Waals surface area contributed by atoms with Crippen molar-refractivity contribution in [2.24, 2.45) is 0 Å². The third-order valence-electron chi connectivity index (χ3n) is 7.20. The van der Waals surface area contributed by atoms with Crippen LogP contribution < -0.4 is 0 Å². The lowest BCUT2D eigenvalue weighted by Gasteiger charge is -2.55. The van der Waals surface area contributed by atoms with Gasteiger partial charge >= 0.3 is 0 Å². The van der Waals surface area contributed by atoms with E-state index in [2.05, 4.69) is 70.5 Å². The molecule has 0 amide bonds. The molecule has 136 valence electrons. The lowest BCUT2D eigenvalue weighted by Crippen LogP contribution is -2.68. The topological polar surface area (TPSA) is 6.48 Å². The second-order valence-electron chi connectivity index (χ2n) is 8.82. The zero-order valence-electron chi connectivity index (χ0n) is 15.7. The maximum Gasteiger partial charge on any atom is 0.0378 e. The third-order valence-corrected chi connectivity index (χ3v) is 7.20. The fraction of sp³-hybridized carbons (Fsp3) is 0.500. The first-order valence-corrected chi connectivity index (χ1v) is 10.4. The SMILES string of the molecule is c1ccc(C[C@@]23CCCN2C[C@]2(Cc4ccccc4)CCCN2C3)cc1. The molecule has 3 aliphatic heterocycles. The Labute approximate surface area is 157 Å². The van der Waals surface area contributed by atoms with E-state index in [0.717, 1.165) is 0 Å². The second kappa shape index (κ2) is 6.51. The highest BCUT2D eigenvalue weighted by Crippen LogP contribution is 2.45. The second-order valence-corrected chi connectivity index (χ2v) is 8.82. The van der Waals surface area contributed by atoms with Gasteiger partial charge in [0.1, 0.15) is 0 Å². The number of benzene rings is 2. The average molecular weight is 347 g/mol. The highest BCUT2D eigenvalue weighted by atomic mass is 15.4. The minimum atomic E-state index is 0.367. The van der Waals surface area contributed by atoms with Crippen LogP contribution in [0.3, 0.4) is 0 Å². The number of hydrogen-bond donors (Lipinski definition) is 0. The zero-order valence-corrected chi connectivity index (χ0v) is 15.7. The monoisotopic (exact) mass is 346 g/mol.